The van der Waals surface area contributed by atoms with E-state index in [1.165, 1.54) is 0 Å². The molecule has 1 aromatic heterocycles. The van der Waals surface area contributed by atoms with Crippen LogP contribution in [0.3, 0.4) is 0 Å². The number of urea groups is 1. The Morgan fingerprint density at radius 1 is 1.28 bits per heavy atom. The van der Waals surface area contributed by atoms with Crippen LogP contribution in [0.2, 0.25) is 0 Å². The Morgan fingerprint density at radius 2 is 2.04 bits per heavy atom. The third kappa shape index (κ3) is 2.90. The van der Waals surface area contributed by atoms with Gasteiger partial charge in [-0.15, -0.1) is 0 Å². The molecule has 0 unspecified atom stereocenters. The number of furan rings is 1. The van der Waals surface area contributed by atoms with Crippen LogP contribution in [-0.4, -0.2) is 54.0 Å². The second-order valence-electron chi connectivity index (χ2n) is 6.65. The number of likely N-dealkylation sites (tertiary alicyclic amines) is 1. The van der Waals surface area contributed by atoms with E-state index in [2.05, 4.69) is 21.2 Å². The van der Waals surface area contributed by atoms with Crippen molar-refractivity contribution < 1.29 is 14.0 Å². The molecule has 3 heterocycles. The first-order chi connectivity index (χ1) is 12.0. The van der Waals surface area contributed by atoms with Gasteiger partial charge in [0.25, 0.3) is 5.91 Å². The Bertz CT molecular complexity index is 839. The molecule has 0 spiro atoms. The molecule has 25 heavy (non-hydrogen) atoms. The van der Waals surface area contributed by atoms with Crippen molar-refractivity contribution >= 4 is 38.8 Å². The molecule has 0 saturated carbocycles. The fourth-order valence-electron chi connectivity index (χ4n) is 3.76. The van der Waals surface area contributed by atoms with E-state index in [1.54, 1.807) is 0 Å². The Labute approximate surface area is 154 Å². The maximum absolute atomic E-state index is 12.9. The van der Waals surface area contributed by atoms with Crippen LogP contribution in [-0.2, 0) is 0 Å². The standard InChI is InChI=1S/C18H20BrN3O3/c1-11-14-10-12(19)2-3-15(14)25-16(11)17(23)21-7-4-13(5-8-21)22-9-6-20-18(22)24/h2-3,10,13H,4-9H2,1H3,(H,20,24). The summed E-state index contributed by atoms with van der Waals surface area (Å²) in [5.74, 6) is 0.361. The van der Waals surface area contributed by atoms with Gasteiger partial charge in [-0.05, 0) is 38.0 Å². The van der Waals surface area contributed by atoms with E-state index in [0.717, 1.165) is 40.4 Å². The average molecular weight is 406 g/mol. The Kier molecular flexibility index (Phi) is 4.19. The Balaban J connectivity index is 1.49. The minimum atomic E-state index is -0.0610. The fraction of sp³-hybridized carbons (Fsp3) is 0.444. The van der Waals surface area contributed by atoms with Gasteiger partial charge in [-0.3, -0.25) is 4.79 Å². The number of hydrogen-bond acceptors (Lipinski definition) is 3. The van der Waals surface area contributed by atoms with Gasteiger partial charge in [0.2, 0.25) is 0 Å². The number of benzene rings is 1. The van der Waals surface area contributed by atoms with Crippen LogP contribution in [0.4, 0.5) is 4.79 Å². The van der Waals surface area contributed by atoms with Crippen molar-refractivity contribution in [3.05, 3.63) is 34.0 Å². The van der Waals surface area contributed by atoms with Gasteiger partial charge in [0.05, 0.1) is 0 Å². The molecule has 0 aliphatic carbocycles. The monoisotopic (exact) mass is 405 g/mol. The number of amides is 3. The number of fused-ring (bicyclic) bond motifs is 1. The molecule has 0 atom stereocenters. The number of aryl methyl sites for hydroxylation is 1. The van der Waals surface area contributed by atoms with Gasteiger partial charge in [-0.1, -0.05) is 15.9 Å². The molecule has 2 aliphatic heterocycles. The van der Waals surface area contributed by atoms with E-state index in [9.17, 15) is 9.59 Å². The van der Waals surface area contributed by atoms with E-state index in [4.69, 9.17) is 4.42 Å². The number of rotatable bonds is 2. The second kappa shape index (κ2) is 6.37. The molecule has 3 amide bonds. The summed E-state index contributed by atoms with van der Waals surface area (Å²) >= 11 is 3.46. The summed E-state index contributed by atoms with van der Waals surface area (Å²) in [6, 6.07) is 6.00. The molecule has 1 aromatic carbocycles. The summed E-state index contributed by atoms with van der Waals surface area (Å²) in [6.45, 7) is 4.69. The van der Waals surface area contributed by atoms with Crippen molar-refractivity contribution in [1.82, 2.24) is 15.1 Å². The highest BCUT2D eigenvalue weighted by Crippen LogP contribution is 2.29. The van der Waals surface area contributed by atoms with Gasteiger partial charge in [-0.25, -0.2) is 4.79 Å². The smallest absolute Gasteiger partial charge is 0.317 e. The number of halogens is 1. The van der Waals surface area contributed by atoms with Crippen LogP contribution in [0.15, 0.2) is 27.1 Å². The predicted octanol–water partition coefficient (Wildman–Crippen LogP) is 3.13. The summed E-state index contributed by atoms with van der Waals surface area (Å²) in [5, 5.41) is 3.80. The first-order valence-corrected chi connectivity index (χ1v) is 9.36. The van der Waals surface area contributed by atoms with Crippen molar-refractivity contribution in [2.45, 2.75) is 25.8 Å². The van der Waals surface area contributed by atoms with Gasteiger partial charge in [0.15, 0.2) is 5.76 Å². The third-order valence-corrected chi connectivity index (χ3v) is 5.67. The molecule has 1 N–H and O–H groups in total. The molecule has 4 rings (SSSR count). The van der Waals surface area contributed by atoms with Gasteiger partial charge >= 0.3 is 6.03 Å². The van der Waals surface area contributed by atoms with Crippen LogP contribution < -0.4 is 5.32 Å². The summed E-state index contributed by atoms with van der Waals surface area (Å²) in [7, 11) is 0. The fourth-order valence-corrected chi connectivity index (χ4v) is 4.12. The van der Waals surface area contributed by atoms with Crippen LogP contribution >= 0.6 is 15.9 Å². The zero-order valence-corrected chi connectivity index (χ0v) is 15.6. The third-order valence-electron chi connectivity index (χ3n) is 5.17. The molecular weight excluding hydrogens is 386 g/mol. The minimum absolute atomic E-state index is 0.0171. The summed E-state index contributed by atoms with van der Waals surface area (Å²) in [6.07, 6.45) is 1.62. The molecule has 132 valence electrons. The van der Waals surface area contributed by atoms with Crippen molar-refractivity contribution in [2.24, 2.45) is 0 Å². The van der Waals surface area contributed by atoms with E-state index >= 15 is 0 Å². The lowest BCUT2D eigenvalue weighted by atomic mass is 10.0. The molecule has 6 nitrogen and oxygen atoms in total. The van der Waals surface area contributed by atoms with Crippen molar-refractivity contribution in [2.75, 3.05) is 26.2 Å². The largest absolute Gasteiger partial charge is 0.451 e. The highest BCUT2D eigenvalue weighted by Gasteiger charge is 2.33. The zero-order valence-electron chi connectivity index (χ0n) is 14.0. The van der Waals surface area contributed by atoms with Crippen LogP contribution in [0, 0.1) is 6.92 Å². The van der Waals surface area contributed by atoms with Gasteiger partial charge < -0.3 is 19.5 Å². The van der Waals surface area contributed by atoms with Crippen LogP contribution in [0.1, 0.15) is 29.0 Å². The van der Waals surface area contributed by atoms with Crippen LogP contribution in [0.25, 0.3) is 11.0 Å². The maximum atomic E-state index is 12.9. The van der Waals surface area contributed by atoms with Crippen molar-refractivity contribution in [1.29, 1.82) is 0 Å². The zero-order chi connectivity index (χ0) is 17.6. The minimum Gasteiger partial charge on any atom is -0.451 e. The van der Waals surface area contributed by atoms with Gasteiger partial charge in [0.1, 0.15) is 5.58 Å². The quantitative estimate of drug-likeness (QED) is 0.834. The Hall–Kier alpha value is -2.02. The highest BCUT2D eigenvalue weighted by atomic mass is 79.9. The summed E-state index contributed by atoms with van der Waals surface area (Å²) < 4.78 is 6.79. The number of nitrogens with zero attached hydrogens (tertiary/aromatic N) is 2. The number of piperidine rings is 1. The molecule has 2 aromatic rings. The molecule has 2 fully saturated rings. The Morgan fingerprint density at radius 3 is 2.72 bits per heavy atom. The van der Waals surface area contributed by atoms with Gasteiger partial charge in [0, 0.05) is 47.6 Å². The first-order valence-electron chi connectivity index (χ1n) is 8.57. The highest BCUT2D eigenvalue weighted by molar-refractivity contribution is 9.10. The molecule has 0 radical (unpaired) electrons. The lowest BCUT2D eigenvalue weighted by molar-refractivity contribution is 0.0636. The normalized spacial score (nSPS) is 18.9. The molecule has 0 bridgehead atoms. The van der Waals surface area contributed by atoms with Crippen molar-refractivity contribution in [3.63, 3.8) is 0 Å². The molecule has 2 aliphatic rings. The maximum Gasteiger partial charge on any atom is 0.317 e. The van der Waals surface area contributed by atoms with E-state index < -0.39 is 0 Å². The average Bonchev–Trinajstić information content (AvgIpc) is 3.18. The molecular formula is C18H20BrN3O3. The second-order valence-corrected chi connectivity index (χ2v) is 7.56. The van der Waals surface area contributed by atoms with Crippen LogP contribution in [0.5, 0.6) is 0 Å². The van der Waals surface area contributed by atoms with Gasteiger partial charge in [-0.2, -0.15) is 0 Å². The SMILES string of the molecule is Cc1c(C(=O)N2CCC(N3CCNC3=O)CC2)oc2ccc(Br)cc12. The summed E-state index contributed by atoms with van der Waals surface area (Å²) in [5.41, 5.74) is 1.61. The van der Waals surface area contributed by atoms with E-state index in [-0.39, 0.29) is 18.0 Å². The number of nitrogens with one attached hydrogen (secondary N) is 1. The van der Waals surface area contributed by atoms with Crippen molar-refractivity contribution in [3.8, 4) is 0 Å². The molecule has 7 heteroatoms. The number of carbonyl (C=O) groups excluding carboxylic acids is 2. The topological polar surface area (TPSA) is 65.8 Å². The van der Waals surface area contributed by atoms with E-state index in [0.29, 0.717) is 25.4 Å². The number of hydrogen-bond donors (Lipinski definition) is 1. The summed E-state index contributed by atoms with van der Waals surface area (Å²) in [4.78, 5) is 28.4. The number of carbonyl (C=O) groups is 2. The molecule has 2 saturated heterocycles. The lowest BCUT2D eigenvalue weighted by Gasteiger charge is -2.35. The predicted molar refractivity (Wildman–Crippen MR) is 97.7 cm³/mol. The lowest BCUT2D eigenvalue weighted by Crippen LogP contribution is -2.47. The first kappa shape index (κ1) is 16.4. The van der Waals surface area contributed by atoms with E-state index in [1.807, 2.05) is 34.9 Å².